The van der Waals surface area contributed by atoms with Gasteiger partial charge in [-0.1, -0.05) is 76.8 Å². The van der Waals surface area contributed by atoms with Gasteiger partial charge in [-0.05, 0) is 18.6 Å². The number of benzene rings is 1. The van der Waals surface area contributed by atoms with Crippen LogP contribution in [0.5, 0.6) is 0 Å². The largest absolute Gasteiger partial charge is 1.00 e. The predicted octanol–water partition coefficient (Wildman–Crippen LogP) is 0.742. The van der Waals surface area contributed by atoms with Crippen molar-refractivity contribution in [2.75, 3.05) is 33.7 Å². The van der Waals surface area contributed by atoms with Gasteiger partial charge in [0, 0.05) is 32.2 Å². The third-order valence-corrected chi connectivity index (χ3v) is 7.90. The summed E-state index contributed by atoms with van der Waals surface area (Å²) in [4.78, 5) is 0. The molecule has 0 fully saturated rings. The predicted molar refractivity (Wildman–Crippen MR) is 125 cm³/mol. The fraction of sp³-hybridized carbons (Fsp3) is 0.714. The fourth-order valence-electron chi connectivity index (χ4n) is 3.04. The fourth-order valence-corrected chi connectivity index (χ4v) is 5.15. The Labute approximate surface area is 218 Å². The van der Waals surface area contributed by atoms with Gasteiger partial charge in [-0.15, -0.1) is 0 Å². The van der Waals surface area contributed by atoms with Gasteiger partial charge in [0.25, 0.3) is 0 Å². The molecule has 182 valence electrons. The van der Waals surface area contributed by atoms with Crippen LogP contribution < -0.4 is 40.5 Å². The number of hydrogen-bond acceptors (Lipinski definition) is 8. The van der Waals surface area contributed by atoms with Gasteiger partial charge >= 0.3 is 38.4 Å². The van der Waals surface area contributed by atoms with E-state index in [-0.39, 0.29) is 36.2 Å². The summed E-state index contributed by atoms with van der Waals surface area (Å²) in [5.74, 6) is 0. The molecule has 0 amide bonds. The van der Waals surface area contributed by atoms with Crippen LogP contribution in [0, 0.1) is 0 Å². The molecule has 0 spiro atoms. The molecule has 32 heavy (non-hydrogen) atoms. The van der Waals surface area contributed by atoms with Crippen molar-refractivity contribution in [1.29, 1.82) is 0 Å². The smallest absolute Gasteiger partial charge is 0.726 e. The molecule has 0 radical (unpaired) electrons. The summed E-state index contributed by atoms with van der Waals surface area (Å²) in [6, 6.07) is 7.32. The molecule has 1 rings (SSSR count). The summed E-state index contributed by atoms with van der Waals surface area (Å²) >= 11 is 0. The average Bonchev–Trinajstić information content (AvgIpc) is 2.74. The molecule has 0 saturated heterocycles. The molecule has 2 N–H and O–H groups in total. The Morgan fingerprint density at radius 1 is 0.812 bits per heavy atom. The number of hydrogen-bond donors (Lipinski definition) is 1. The Bertz CT molecular complexity index is 650. The van der Waals surface area contributed by atoms with E-state index in [1.807, 2.05) is 12.1 Å². The van der Waals surface area contributed by atoms with Crippen molar-refractivity contribution in [2.45, 2.75) is 71.1 Å². The molecule has 0 aliphatic carbocycles. The maximum absolute atomic E-state index is 10.1. The van der Waals surface area contributed by atoms with E-state index < -0.39 is 19.2 Å². The molecule has 0 heterocycles. The third-order valence-electron chi connectivity index (χ3n) is 4.80. The van der Waals surface area contributed by atoms with Gasteiger partial charge in [-0.3, -0.25) is 4.18 Å². The van der Waals surface area contributed by atoms with Crippen molar-refractivity contribution in [3.8, 4) is 0 Å². The van der Waals surface area contributed by atoms with Gasteiger partial charge in [0.1, 0.15) is 0 Å². The van der Waals surface area contributed by atoms with E-state index in [2.05, 4.69) is 11.1 Å². The molecule has 0 unspecified atom stereocenters. The van der Waals surface area contributed by atoms with Crippen molar-refractivity contribution >= 4 is 30.1 Å². The Kier molecular flexibility index (Phi) is 21.7. The molecule has 0 atom stereocenters. The van der Waals surface area contributed by atoms with Gasteiger partial charge < -0.3 is 23.6 Å². The number of anilines is 1. The molecule has 11 heteroatoms. The molecule has 8 nitrogen and oxygen atoms in total. The molecule has 0 aliphatic heterocycles. The SMILES string of the molecule is CCCCCCCCCCCCOS(=O)(=O)[O-].CO[Si](OC)(OC)c1ccc(N)cc1.[Na+]. The molecule has 0 saturated carbocycles. The number of unbranched alkanes of at least 4 members (excludes halogenated alkanes) is 9. The molecule has 1 aromatic carbocycles. The zero-order valence-corrected chi connectivity index (χ0v) is 24.2. The second kappa shape index (κ2) is 20.4. The van der Waals surface area contributed by atoms with Gasteiger partial charge in [0.15, 0.2) is 0 Å². The van der Waals surface area contributed by atoms with Crippen LogP contribution in [0.4, 0.5) is 5.69 Å². The summed E-state index contributed by atoms with van der Waals surface area (Å²) in [5, 5.41) is 0.902. The van der Waals surface area contributed by atoms with Crippen molar-refractivity contribution in [3.05, 3.63) is 24.3 Å². The summed E-state index contributed by atoms with van der Waals surface area (Å²) in [6.07, 6.45) is 11.7. The van der Waals surface area contributed by atoms with Crippen molar-refractivity contribution in [3.63, 3.8) is 0 Å². The summed E-state index contributed by atoms with van der Waals surface area (Å²) in [5.41, 5.74) is 6.30. The van der Waals surface area contributed by atoms with Crippen molar-refractivity contribution in [1.82, 2.24) is 0 Å². The molecule has 0 bridgehead atoms. The zero-order valence-electron chi connectivity index (χ0n) is 20.4. The summed E-state index contributed by atoms with van der Waals surface area (Å²) < 4.78 is 50.4. The van der Waals surface area contributed by atoms with Crippen LogP contribution in [0.25, 0.3) is 0 Å². The van der Waals surface area contributed by atoms with Gasteiger partial charge in [0.2, 0.25) is 10.4 Å². The van der Waals surface area contributed by atoms with E-state index in [9.17, 15) is 13.0 Å². The standard InChI is InChI=1S/C12H26O4S.C9H15NO3Si.Na/c1-2-3-4-5-6-7-8-9-10-11-12-16-17(13,14)15;1-11-14(12-2,13-3)9-6-4-8(10)5-7-9;/h2-12H2,1H3,(H,13,14,15);4-7H,10H2,1-3H3;/q;;+1/p-1. The first kappa shape index (κ1) is 34.2. The van der Waals surface area contributed by atoms with E-state index in [4.69, 9.17) is 19.0 Å². The van der Waals surface area contributed by atoms with Gasteiger partial charge in [0.05, 0.1) is 6.61 Å². The molecule has 1 aromatic rings. The second-order valence-corrected chi connectivity index (χ2v) is 11.2. The maximum atomic E-state index is 10.1. The van der Waals surface area contributed by atoms with Crippen LogP contribution >= 0.6 is 0 Å². The normalized spacial score (nSPS) is 11.4. The first-order chi connectivity index (χ1) is 14.7. The first-order valence-corrected chi connectivity index (χ1v) is 13.9. The van der Waals surface area contributed by atoms with Crippen LogP contribution in [0.2, 0.25) is 0 Å². The Morgan fingerprint density at radius 2 is 1.22 bits per heavy atom. The summed E-state index contributed by atoms with van der Waals surface area (Å²) in [6.45, 7) is 2.24. The average molecular weight is 502 g/mol. The minimum atomic E-state index is -4.48. The topological polar surface area (TPSA) is 120 Å². The Hall–Kier alpha value is -0.0131. The van der Waals surface area contributed by atoms with Crippen LogP contribution in [0.3, 0.4) is 0 Å². The first-order valence-electron chi connectivity index (χ1n) is 10.9. The number of nitrogen functional groups attached to an aromatic ring is 1. The van der Waals surface area contributed by atoms with Crippen LogP contribution in [-0.2, 0) is 27.9 Å². The van der Waals surface area contributed by atoms with Gasteiger partial charge in [-0.2, -0.15) is 0 Å². The van der Waals surface area contributed by atoms with Gasteiger partial charge in [-0.25, -0.2) is 8.42 Å². The monoisotopic (exact) mass is 501 g/mol. The number of nitrogens with two attached hydrogens (primary N) is 1. The van der Waals surface area contributed by atoms with E-state index in [1.165, 1.54) is 44.9 Å². The van der Waals surface area contributed by atoms with Crippen molar-refractivity contribution in [2.24, 2.45) is 0 Å². The van der Waals surface area contributed by atoms with Crippen LogP contribution in [0.15, 0.2) is 24.3 Å². The minimum absolute atomic E-state index is 0. The number of rotatable bonds is 16. The van der Waals surface area contributed by atoms with Crippen molar-refractivity contribution < 1.29 is 60.0 Å². The Morgan fingerprint density at radius 3 is 1.59 bits per heavy atom. The molecular formula is C21H40NNaO7SSi. The van der Waals surface area contributed by atoms with Crippen LogP contribution in [0.1, 0.15) is 71.1 Å². The quantitative estimate of drug-likeness (QED) is 0.116. The Balaban J connectivity index is 0. The van der Waals surface area contributed by atoms with Crippen LogP contribution in [-0.4, -0.2) is 49.7 Å². The maximum Gasteiger partial charge on any atom is 1.00 e. The molecular weight excluding hydrogens is 461 g/mol. The summed E-state index contributed by atoms with van der Waals surface area (Å²) in [7, 11) is -2.42. The second-order valence-electron chi connectivity index (χ2n) is 7.20. The third kappa shape index (κ3) is 16.6. The molecule has 0 aliphatic rings. The zero-order chi connectivity index (χ0) is 23.6. The van der Waals surface area contributed by atoms with E-state index in [1.54, 1.807) is 33.5 Å². The minimum Gasteiger partial charge on any atom is -0.726 e. The van der Waals surface area contributed by atoms with E-state index in [0.717, 1.165) is 18.0 Å². The van der Waals surface area contributed by atoms with E-state index >= 15 is 0 Å². The molecule has 0 aromatic heterocycles. The van der Waals surface area contributed by atoms with E-state index in [0.29, 0.717) is 12.1 Å².